The van der Waals surface area contributed by atoms with Gasteiger partial charge in [0.25, 0.3) is 0 Å². The van der Waals surface area contributed by atoms with E-state index in [1.54, 1.807) is 29.4 Å². The van der Waals surface area contributed by atoms with Crippen LogP contribution in [0.4, 0.5) is 0 Å². The van der Waals surface area contributed by atoms with Crippen LogP contribution in [0, 0.1) is 0 Å². The second-order valence-electron chi connectivity index (χ2n) is 4.64. The molecule has 2 heterocycles. The number of halogens is 1. The number of esters is 1. The van der Waals surface area contributed by atoms with Crippen LogP contribution in [0.15, 0.2) is 45.6 Å². The topological polar surface area (TPSA) is 86.5 Å². The van der Waals surface area contributed by atoms with E-state index >= 15 is 0 Å². The number of ether oxygens (including phenoxy) is 1. The highest BCUT2D eigenvalue weighted by molar-refractivity contribution is 8.16. The Hall–Kier alpha value is -2.19. The van der Waals surface area contributed by atoms with Crippen LogP contribution in [0.2, 0.25) is 5.02 Å². The Labute approximate surface area is 141 Å². The van der Waals surface area contributed by atoms with Gasteiger partial charge in [-0.3, -0.25) is 10.3 Å². The minimum absolute atomic E-state index is 0.160. The van der Waals surface area contributed by atoms with Crippen molar-refractivity contribution in [2.75, 3.05) is 6.61 Å². The third-order valence-electron chi connectivity index (χ3n) is 3.28. The molecule has 9 heteroatoms. The minimum atomic E-state index is -0.690. The number of fused-ring (bicyclic) bond motifs is 1. The Balaban J connectivity index is 1.90. The molecule has 3 rings (SSSR count). The van der Waals surface area contributed by atoms with Crippen molar-refractivity contribution < 1.29 is 14.7 Å². The molecule has 0 radical (unpaired) electrons. The molecule has 0 unspecified atom stereocenters. The summed E-state index contributed by atoms with van der Waals surface area (Å²) in [7, 11) is 0. The summed E-state index contributed by atoms with van der Waals surface area (Å²) >= 11 is 7.24. The van der Waals surface area contributed by atoms with Crippen molar-refractivity contribution in [3.8, 4) is 0 Å². The van der Waals surface area contributed by atoms with Crippen LogP contribution < -0.4 is 5.43 Å². The average molecular weight is 353 g/mol. The summed E-state index contributed by atoms with van der Waals surface area (Å²) in [6.45, 7) is 1.88. The summed E-state index contributed by atoms with van der Waals surface area (Å²) in [5.41, 5.74) is 4.17. The molecule has 0 aromatic heterocycles. The molecule has 1 aromatic carbocycles. The number of carbonyl (C=O) groups excluding carboxylic acids is 1. The van der Waals surface area contributed by atoms with Gasteiger partial charge in [-0.1, -0.05) is 40.7 Å². The molecule has 0 saturated carbocycles. The number of hydrazone groups is 1. The standard InChI is InChI=1S/C14H13ClN4O3S/c1-2-22-13(20)11(18-21)10-7-23-14-17-16-12(19(10)14)8-3-5-9(15)6-4-8/h3-7,12,16,21H,2H2,1H3/b18-11-/t12-/m1/s1. The molecule has 2 N–H and O–H groups in total. The number of thioether (sulfide) groups is 1. The Morgan fingerprint density at radius 2 is 2.26 bits per heavy atom. The summed E-state index contributed by atoms with van der Waals surface area (Å²) in [4.78, 5) is 13.7. The lowest BCUT2D eigenvalue weighted by Crippen LogP contribution is -2.35. The number of rotatable bonds is 4. The fourth-order valence-corrected chi connectivity index (χ4v) is 3.25. The van der Waals surface area contributed by atoms with Crippen molar-refractivity contribution in [1.29, 1.82) is 0 Å². The number of nitrogens with zero attached hydrogens (tertiary/aromatic N) is 3. The number of carbonyl (C=O) groups is 1. The molecule has 0 fully saturated rings. The van der Waals surface area contributed by atoms with E-state index < -0.39 is 5.97 Å². The van der Waals surface area contributed by atoms with E-state index in [0.717, 1.165) is 5.56 Å². The molecule has 0 saturated heterocycles. The van der Waals surface area contributed by atoms with Crippen molar-refractivity contribution in [3.63, 3.8) is 0 Å². The molecule has 1 aromatic rings. The van der Waals surface area contributed by atoms with Gasteiger partial charge >= 0.3 is 5.97 Å². The van der Waals surface area contributed by atoms with Gasteiger partial charge in [-0.25, -0.2) is 4.79 Å². The molecular weight excluding hydrogens is 340 g/mol. The van der Waals surface area contributed by atoms with Crippen LogP contribution in [0.5, 0.6) is 0 Å². The summed E-state index contributed by atoms with van der Waals surface area (Å²) in [5.74, 6) is -0.690. The van der Waals surface area contributed by atoms with Gasteiger partial charge in [0.1, 0.15) is 6.17 Å². The summed E-state index contributed by atoms with van der Waals surface area (Å²) in [6.07, 6.45) is -0.324. The van der Waals surface area contributed by atoms with Gasteiger partial charge in [0.05, 0.1) is 12.3 Å². The molecule has 120 valence electrons. The maximum Gasteiger partial charge on any atom is 0.362 e. The predicted molar refractivity (Wildman–Crippen MR) is 88.1 cm³/mol. The van der Waals surface area contributed by atoms with Crippen molar-refractivity contribution >= 4 is 40.2 Å². The normalized spacial score (nSPS) is 19.8. The second-order valence-corrected chi connectivity index (χ2v) is 5.91. The zero-order chi connectivity index (χ0) is 16.4. The first-order chi connectivity index (χ1) is 11.2. The van der Waals surface area contributed by atoms with Gasteiger partial charge in [0, 0.05) is 10.4 Å². The molecule has 0 spiro atoms. The fraction of sp³-hybridized carbons (Fsp3) is 0.214. The summed E-state index contributed by atoms with van der Waals surface area (Å²) in [6, 6.07) is 7.27. The van der Waals surface area contributed by atoms with Crippen LogP contribution in [-0.4, -0.2) is 33.6 Å². The molecule has 2 aliphatic rings. The van der Waals surface area contributed by atoms with Crippen molar-refractivity contribution in [2.45, 2.75) is 13.1 Å². The van der Waals surface area contributed by atoms with Gasteiger partial charge in [-0.2, -0.15) is 5.10 Å². The molecular formula is C14H13ClN4O3S. The quantitative estimate of drug-likeness (QED) is 0.375. The molecule has 2 aliphatic heterocycles. The third-order valence-corrected chi connectivity index (χ3v) is 4.37. The lowest BCUT2D eigenvalue weighted by Gasteiger charge is -2.25. The number of benzene rings is 1. The SMILES string of the molecule is CCOC(=O)/C(=N\O)C1=CSC2=NN[C@@H](c3ccc(Cl)cc3)N12. The van der Waals surface area contributed by atoms with E-state index in [0.29, 0.717) is 15.9 Å². The smallest absolute Gasteiger partial charge is 0.362 e. The number of oxime groups is 1. The highest BCUT2D eigenvalue weighted by atomic mass is 35.5. The maximum absolute atomic E-state index is 12.0. The van der Waals surface area contributed by atoms with E-state index in [1.165, 1.54) is 11.8 Å². The van der Waals surface area contributed by atoms with E-state index in [-0.39, 0.29) is 18.5 Å². The Morgan fingerprint density at radius 3 is 2.91 bits per heavy atom. The largest absolute Gasteiger partial charge is 0.461 e. The average Bonchev–Trinajstić information content (AvgIpc) is 3.12. The fourth-order valence-electron chi connectivity index (χ4n) is 2.26. The lowest BCUT2D eigenvalue weighted by molar-refractivity contribution is -0.135. The maximum atomic E-state index is 12.0. The van der Waals surface area contributed by atoms with Gasteiger partial charge in [0.15, 0.2) is 5.17 Å². The van der Waals surface area contributed by atoms with E-state index in [2.05, 4.69) is 15.7 Å². The first-order valence-corrected chi connectivity index (χ1v) is 8.05. The number of amidine groups is 1. The molecule has 0 aliphatic carbocycles. The first kappa shape index (κ1) is 15.7. The number of nitrogens with one attached hydrogen (secondary N) is 1. The van der Waals surface area contributed by atoms with Crippen molar-refractivity contribution in [3.05, 3.63) is 46.0 Å². The zero-order valence-corrected chi connectivity index (χ0v) is 13.6. The van der Waals surface area contributed by atoms with Crippen LogP contribution in [0.25, 0.3) is 0 Å². The minimum Gasteiger partial charge on any atom is -0.461 e. The van der Waals surface area contributed by atoms with Crippen LogP contribution in [0.3, 0.4) is 0 Å². The number of hydrogen-bond acceptors (Lipinski definition) is 8. The van der Waals surface area contributed by atoms with E-state index in [9.17, 15) is 10.0 Å². The Kier molecular flexibility index (Phi) is 4.44. The molecule has 0 amide bonds. The van der Waals surface area contributed by atoms with E-state index in [1.807, 2.05) is 12.1 Å². The number of hydrogen-bond donors (Lipinski definition) is 2. The molecule has 7 nitrogen and oxygen atoms in total. The van der Waals surface area contributed by atoms with Crippen molar-refractivity contribution in [1.82, 2.24) is 10.3 Å². The Bertz CT molecular complexity index is 717. The highest BCUT2D eigenvalue weighted by Gasteiger charge is 2.40. The Morgan fingerprint density at radius 1 is 1.52 bits per heavy atom. The van der Waals surface area contributed by atoms with Gasteiger partial charge in [0.2, 0.25) is 5.71 Å². The zero-order valence-electron chi connectivity index (χ0n) is 12.1. The van der Waals surface area contributed by atoms with Crippen molar-refractivity contribution in [2.24, 2.45) is 10.3 Å². The van der Waals surface area contributed by atoms with Crippen LogP contribution in [0.1, 0.15) is 18.7 Å². The van der Waals surface area contributed by atoms with E-state index in [4.69, 9.17) is 16.3 Å². The van der Waals surface area contributed by atoms with Gasteiger partial charge in [-0.05, 0) is 24.6 Å². The third kappa shape index (κ3) is 2.87. The van der Waals surface area contributed by atoms with Crippen LogP contribution >= 0.6 is 23.4 Å². The predicted octanol–water partition coefficient (Wildman–Crippen LogP) is 2.50. The van der Waals surface area contributed by atoms with Gasteiger partial charge < -0.3 is 9.94 Å². The molecule has 1 atom stereocenters. The van der Waals surface area contributed by atoms with Crippen LogP contribution in [-0.2, 0) is 9.53 Å². The highest BCUT2D eigenvalue weighted by Crippen LogP contribution is 2.38. The summed E-state index contributed by atoms with van der Waals surface area (Å²) < 4.78 is 4.93. The lowest BCUT2D eigenvalue weighted by atomic mass is 10.1. The molecule has 0 bridgehead atoms. The summed E-state index contributed by atoms with van der Waals surface area (Å²) in [5, 5.41) is 19.6. The first-order valence-electron chi connectivity index (χ1n) is 6.80. The van der Waals surface area contributed by atoms with Gasteiger partial charge in [-0.15, -0.1) is 0 Å². The monoisotopic (exact) mass is 352 g/mol. The second kappa shape index (κ2) is 6.51. The molecule has 23 heavy (non-hydrogen) atoms.